The monoisotopic (exact) mass is 225 g/mol. The van der Waals surface area contributed by atoms with Crippen molar-refractivity contribution < 1.29 is 9.53 Å². The molecule has 0 aromatic heterocycles. The number of likely N-dealkylation sites (tertiary alicyclic amines) is 1. The second-order valence-corrected chi connectivity index (χ2v) is 5.26. The summed E-state index contributed by atoms with van der Waals surface area (Å²) < 4.78 is 5.32. The van der Waals surface area contributed by atoms with Crippen LogP contribution in [0.3, 0.4) is 0 Å². The van der Waals surface area contributed by atoms with Crippen molar-refractivity contribution in [3.63, 3.8) is 0 Å². The van der Waals surface area contributed by atoms with Crippen LogP contribution in [0.15, 0.2) is 0 Å². The normalized spacial score (nSPS) is 25.6. The molecule has 1 aliphatic heterocycles. The predicted octanol–water partition coefficient (Wildman–Crippen LogP) is 2.35. The maximum Gasteiger partial charge on any atom is 0.302 e. The Bertz CT molecular complexity index is 240. The van der Waals surface area contributed by atoms with Crippen molar-refractivity contribution in [2.45, 2.75) is 57.4 Å². The highest BCUT2D eigenvalue weighted by molar-refractivity contribution is 5.65. The lowest BCUT2D eigenvalue weighted by atomic mass is 9.81. The van der Waals surface area contributed by atoms with E-state index >= 15 is 0 Å². The van der Waals surface area contributed by atoms with E-state index in [4.69, 9.17) is 4.74 Å². The molecule has 0 aromatic rings. The fraction of sp³-hybridized carbons (Fsp3) is 0.923. The van der Waals surface area contributed by atoms with Crippen LogP contribution < -0.4 is 0 Å². The number of ether oxygens (including phenoxy) is 1. The van der Waals surface area contributed by atoms with Gasteiger partial charge in [0.15, 0.2) is 0 Å². The van der Waals surface area contributed by atoms with Gasteiger partial charge in [-0.05, 0) is 38.8 Å². The minimum atomic E-state index is -0.135. The van der Waals surface area contributed by atoms with E-state index in [1.807, 2.05) is 0 Å². The van der Waals surface area contributed by atoms with Gasteiger partial charge in [0, 0.05) is 6.92 Å². The minimum absolute atomic E-state index is 0.135. The Kier molecular flexibility index (Phi) is 3.85. The minimum Gasteiger partial charge on any atom is -0.464 e. The van der Waals surface area contributed by atoms with E-state index in [9.17, 15) is 4.79 Å². The molecule has 16 heavy (non-hydrogen) atoms. The van der Waals surface area contributed by atoms with Gasteiger partial charge in [-0.15, -0.1) is 0 Å². The highest BCUT2D eigenvalue weighted by atomic mass is 16.5. The number of nitrogens with zero attached hydrogens (tertiary/aromatic N) is 1. The summed E-state index contributed by atoms with van der Waals surface area (Å²) in [6.07, 6.45) is 8.95. The molecule has 0 unspecified atom stereocenters. The molecule has 0 radical (unpaired) electrons. The van der Waals surface area contributed by atoms with Gasteiger partial charge in [0.05, 0.1) is 5.54 Å². The van der Waals surface area contributed by atoms with Gasteiger partial charge in [-0.1, -0.05) is 19.3 Å². The highest BCUT2D eigenvalue weighted by Gasteiger charge is 2.39. The van der Waals surface area contributed by atoms with Crippen molar-refractivity contribution in [1.82, 2.24) is 4.90 Å². The van der Waals surface area contributed by atoms with Gasteiger partial charge in [0.25, 0.3) is 0 Å². The van der Waals surface area contributed by atoms with E-state index < -0.39 is 0 Å². The third-order valence-corrected chi connectivity index (χ3v) is 4.11. The van der Waals surface area contributed by atoms with Crippen LogP contribution in [0.1, 0.15) is 51.9 Å². The van der Waals surface area contributed by atoms with E-state index in [1.54, 1.807) is 0 Å². The zero-order chi connectivity index (χ0) is 11.4. The summed E-state index contributed by atoms with van der Waals surface area (Å²) in [5.41, 5.74) is 0.181. The Hall–Kier alpha value is -0.570. The van der Waals surface area contributed by atoms with Crippen molar-refractivity contribution in [2.75, 3.05) is 19.7 Å². The maximum absolute atomic E-state index is 11.0. The zero-order valence-corrected chi connectivity index (χ0v) is 10.3. The first-order valence-corrected chi connectivity index (χ1v) is 6.61. The Labute approximate surface area is 98.1 Å². The van der Waals surface area contributed by atoms with Crippen LogP contribution in [0.4, 0.5) is 0 Å². The second-order valence-electron chi connectivity index (χ2n) is 5.26. The van der Waals surface area contributed by atoms with Crippen LogP contribution in [0.25, 0.3) is 0 Å². The number of esters is 1. The summed E-state index contributed by atoms with van der Waals surface area (Å²) in [5.74, 6) is -0.135. The lowest BCUT2D eigenvalue weighted by Gasteiger charge is -2.44. The molecule has 0 aromatic carbocycles. The first-order valence-electron chi connectivity index (χ1n) is 6.61. The van der Waals surface area contributed by atoms with Crippen LogP contribution in [-0.4, -0.2) is 36.1 Å². The first kappa shape index (κ1) is 11.9. The highest BCUT2D eigenvalue weighted by Crippen LogP contribution is 2.36. The molecule has 1 saturated carbocycles. The summed E-state index contributed by atoms with van der Waals surface area (Å²) in [7, 11) is 0. The van der Waals surface area contributed by atoms with E-state index in [1.165, 1.54) is 65.0 Å². The molecule has 0 N–H and O–H groups in total. The average Bonchev–Trinajstić information content (AvgIpc) is 2.82. The Morgan fingerprint density at radius 3 is 2.31 bits per heavy atom. The van der Waals surface area contributed by atoms with Crippen molar-refractivity contribution in [1.29, 1.82) is 0 Å². The molecule has 0 spiro atoms. The van der Waals surface area contributed by atoms with Crippen molar-refractivity contribution in [3.05, 3.63) is 0 Å². The molecule has 0 atom stereocenters. The molecule has 0 amide bonds. The molecule has 2 rings (SSSR count). The predicted molar refractivity (Wildman–Crippen MR) is 63.3 cm³/mol. The summed E-state index contributed by atoms with van der Waals surface area (Å²) in [6.45, 7) is 4.52. The van der Waals surface area contributed by atoms with Crippen molar-refractivity contribution in [2.24, 2.45) is 0 Å². The molecule has 1 aliphatic carbocycles. The lowest BCUT2D eigenvalue weighted by molar-refractivity contribution is -0.146. The zero-order valence-electron chi connectivity index (χ0n) is 10.3. The van der Waals surface area contributed by atoms with Gasteiger partial charge in [0.1, 0.15) is 6.61 Å². The molecule has 1 saturated heterocycles. The van der Waals surface area contributed by atoms with E-state index in [2.05, 4.69) is 4.90 Å². The molecule has 0 bridgehead atoms. The molecule has 92 valence electrons. The second kappa shape index (κ2) is 5.17. The molecular formula is C13H23NO2. The third-order valence-electron chi connectivity index (χ3n) is 4.11. The third kappa shape index (κ3) is 2.57. The van der Waals surface area contributed by atoms with Crippen molar-refractivity contribution in [3.8, 4) is 0 Å². The molecule has 3 nitrogen and oxygen atoms in total. The molecule has 1 heterocycles. The van der Waals surface area contributed by atoms with E-state index in [-0.39, 0.29) is 11.5 Å². The van der Waals surface area contributed by atoms with Gasteiger partial charge < -0.3 is 4.74 Å². The van der Waals surface area contributed by atoms with E-state index in [0.29, 0.717) is 6.61 Å². The Morgan fingerprint density at radius 1 is 1.12 bits per heavy atom. The summed E-state index contributed by atoms with van der Waals surface area (Å²) in [6, 6.07) is 0. The van der Waals surface area contributed by atoms with E-state index in [0.717, 1.165) is 0 Å². The number of carbonyl (C=O) groups is 1. The fourth-order valence-corrected chi connectivity index (χ4v) is 3.19. The maximum atomic E-state index is 11.0. The Morgan fingerprint density at radius 2 is 1.75 bits per heavy atom. The topological polar surface area (TPSA) is 29.5 Å². The van der Waals surface area contributed by atoms with Gasteiger partial charge in [-0.3, -0.25) is 9.69 Å². The number of carbonyl (C=O) groups excluding carboxylic acids is 1. The SMILES string of the molecule is CC(=O)OCC1(N2CCCC2)CCCCC1. The molecule has 3 heteroatoms. The average molecular weight is 225 g/mol. The molecule has 2 fully saturated rings. The van der Waals surface area contributed by atoms with Crippen LogP contribution in [-0.2, 0) is 9.53 Å². The molecule has 2 aliphatic rings. The van der Waals surface area contributed by atoms with Crippen molar-refractivity contribution >= 4 is 5.97 Å². The van der Waals surface area contributed by atoms with Crippen LogP contribution in [0, 0.1) is 0 Å². The first-order chi connectivity index (χ1) is 7.73. The van der Waals surface area contributed by atoms with Gasteiger partial charge in [-0.2, -0.15) is 0 Å². The van der Waals surface area contributed by atoms with Gasteiger partial charge >= 0.3 is 5.97 Å². The Balaban J connectivity index is 2.01. The quantitative estimate of drug-likeness (QED) is 0.690. The summed E-state index contributed by atoms with van der Waals surface area (Å²) >= 11 is 0. The lowest BCUT2D eigenvalue weighted by Crippen LogP contribution is -2.52. The number of rotatable bonds is 3. The van der Waals surface area contributed by atoms with Gasteiger partial charge in [0.2, 0.25) is 0 Å². The largest absolute Gasteiger partial charge is 0.464 e. The molecular weight excluding hydrogens is 202 g/mol. The number of hydrogen-bond acceptors (Lipinski definition) is 3. The summed E-state index contributed by atoms with van der Waals surface area (Å²) in [4.78, 5) is 13.6. The fourth-order valence-electron chi connectivity index (χ4n) is 3.19. The van der Waals surface area contributed by atoms with Crippen LogP contribution in [0.2, 0.25) is 0 Å². The summed E-state index contributed by atoms with van der Waals surface area (Å²) in [5, 5.41) is 0. The standard InChI is InChI=1S/C13H23NO2/c1-12(15)16-11-13(7-3-2-4-8-13)14-9-5-6-10-14/h2-11H2,1H3. The smallest absolute Gasteiger partial charge is 0.302 e. The van der Waals surface area contributed by atoms with Crippen LogP contribution >= 0.6 is 0 Å². The van der Waals surface area contributed by atoms with Gasteiger partial charge in [-0.25, -0.2) is 0 Å². The number of hydrogen-bond donors (Lipinski definition) is 0. The van der Waals surface area contributed by atoms with Crippen LogP contribution in [0.5, 0.6) is 0 Å².